The van der Waals surface area contributed by atoms with E-state index in [1.54, 1.807) is 7.11 Å². The van der Waals surface area contributed by atoms with Gasteiger partial charge in [0, 0.05) is 31.5 Å². The Kier molecular flexibility index (Phi) is 8.61. The Hall–Kier alpha value is -1.38. The first-order valence-corrected chi connectivity index (χ1v) is 10.2. The Morgan fingerprint density at radius 3 is 2.85 bits per heavy atom. The van der Waals surface area contributed by atoms with Crippen LogP contribution in [0.3, 0.4) is 0 Å². The minimum Gasteiger partial charge on any atom is -0.383 e. The van der Waals surface area contributed by atoms with Gasteiger partial charge in [-0.25, -0.2) is 4.79 Å². The first-order valence-electron chi connectivity index (χ1n) is 9.18. The maximum atomic E-state index is 12.6. The Balaban J connectivity index is 2.09. The summed E-state index contributed by atoms with van der Waals surface area (Å²) in [6, 6.07) is 0. The van der Waals surface area contributed by atoms with Crippen molar-refractivity contribution in [2.45, 2.75) is 43.7 Å². The first kappa shape index (κ1) is 20.9. The number of fused-ring (bicyclic) bond motifs is 1. The molecule has 0 aromatic carbocycles. The van der Waals surface area contributed by atoms with Crippen molar-refractivity contribution >= 4 is 17.7 Å². The topological polar surface area (TPSA) is 76.5 Å². The number of nitrogens with one attached hydrogen (secondary N) is 1. The number of carbonyl (C=O) groups is 1. The lowest BCUT2D eigenvalue weighted by Gasteiger charge is -2.23. The summed E-state index contributed by atoms with van der Waals surface area (Å²) in [7, 11) is 5.67. The van der Waals surface area contributed by atoms with Gasteiger partial charge < -0.3 is 15.0 Å². The van der Waals surface area contributed by atoms with Gasteiger partial charge in [0.05, 0.1) is 12.4 Å². The van der Waals surface area contributed by atoms with Gasteiger partial charge in [-0.1, -0.05) is 11.8 Å². The van der Waals surface area contributed by atoms with E-state index in [1.165, 1.54) is 11.8 Å². The largest absolute Gasteiger partial charge is 0.383 e. The lowest BCUT2D eigenvalue weighted by molar-refractivity contribution is -0.118. The smallest absolute Gasteiger partial charge is 0.348 e. The number of carbonyl (C=O) groups excluding carboxylic acids is 1. The SMILES string of the molecule is COCCNC(=O)CSc1nc(=O)n(CCCN(C)C)c2c1CCCC2. The summed E-state index contributed by atoms with van der Waals surface area (Å²) in [6.45, 7) is 2.64. The molecule has 1 N–H and O–H groups in total. The van der Waals surface area contributed by atoms with Gasteiger partial charge in [-0.05, 0) is 52.7 Å². The summed E-state index contributed by atoms with van der Waals surface area (Å²) < 4.78 is 6.77. The van der Waals surface area contributed by atoms with E-state index in [4.69, 9.17) is 4.74 Å². The van der Waals surface area contributed by atoms with Crippen molar-refractivity contribution in [2.75, 3.05) is 46.7 Å². The summed E-state index contributed by atoms with van der Waals surface area (Å²) >= 11 is 1.37. The summed E-state index contributed by atoms with van der Waals surface area (Å²) in [6.07, 6.45) is 4.99. The fourth-order valence-electron chi connectivity index (χ4n) is 3.12. The van der Waals surface area contributed by atoms with Crippen LogP contribution < -0.4 is 11.0 Å². The number of methoxy groups -OCH3 is 1. The lowest BCUT2D eigenvalue weighted by atomic mass is 9.97. The van der Waals surface area contributed by atoms with E-state index in [9.17, 15) is 9.59 Å². The number of rotatable bonds is 10. The average Bonchev–Trinajstić information content (AvgIpc) is 2.62. The van der Waals surface area contributed by atoms with Crippen LogP contribution in [0.1, 0.15) is 30.5 Å². The molecule has 0 saturated carbocycles. The van der Waals surface area contributed by atoms with E-state index in [0.717, 1.165) is 54.9 Å². The number of hydrogen-bond donors (Lipinski definition) is 1. The van der Waals surface area contributed by atoms with Gasteiger partial charge in [-0.3, -0.25) is 9.36 Å². The molecule has 1 heterocycles. The lowest BCUT2D eigenvalue weighted by Crippen LogP contribution is -2.32. The molecule has 1 aromatic rings. The highest BCUT2D eigenvalue weighted by molar-refractivity contribution is 7.99. The highest BCUT2D eigenvalue weighted by atomic mass is 32.2. The van der Waals surface area contributed by atoms with E-state index in [-0.39, 0.29) is 17.3 Å². The van der Waals surface area contributed by atoms with Gasteiger partial charge in [-0.2, -0.15) is 4.98 Å². The Morgan fingerprint density at radius 2 is 2.12 bits per heavy atom. The summed E-state index contributed by atoms with van der Waals surface area (Å²) in [5.74, 6) is 0.210. The quantitative estimate of drug-likeness (QED) is 0.369. The van der Waals surface area contributed by atoms with Crippen molar-refractivity contribution in [1.29, 1.82) is 0 Å². The second-order valence-electron chi connectivity index (χ2n) is 6.77. The van der Waals surface area contributed by atoms with E-state index in [0.29, 0.717) is 19.7 Å². The van der Waals surface area contributed by atoms with Gasteiger partial charge in [-0.15, -0.1) is 0 Å². The molecule has 1 aliphatic rings. The van der Waals surface area contributed by atoms with E-state index < -0.39 is 0 Å². The van der Waals surface area contributed by atoms with E-state index in [1.807, 2.05) is 18.7 Å². The molecule has 0 aliphatic heterocycles. The van der Waals surface area contributed by atoms with Gasteiger partial charge in [0.2, 0.25) is 5.91 Å². The summed E-state index contributed by atoms with van der Waals surface area (Å²) in [5.41, 5.74) is 2.10. The molecule has 2 rings (SSSR count). The standard InChI is InChI=1S/C18H30N4O3S/c1-21(2)10-6-11-22-15-8-5-4-7-14(15)17(20-18(22)24)26-13-16(23)19-9-12-25-3/h4-13H2,1-3H3,(H,19,23). The number of hydrogen-bond acceptors (Lipinski definition) is 6. The fraction of sp³-hybridized carbons (Fsp3) is 0.722. The number of nitrogens with zero attached hydrogens (tertiary/aromatic N) is 3. The monoisotopic (exact) mass is 382 g/mol. The van der Waals surface area contributed by atoms with E-state index >= 15 is 0 Å². The molecule has 1 aliphatic carbocycles. The molecule has 0 unspecified atom stereocenters. The molecule has 8 heteroatoms. The molecule has 0 fully saturated rings. The van der Waals surface area contributed by atoms with Crippen molar-refractivity contribution in [3.05, 3.63) is 21.7 Å². The van der Waals surface area contributed by atoms with Crippen LogP contribution in [0.25, 0.3) is 0 Å². The second kappa shape index (κ2) is 10.7. The van der Waals surface area contributed by atoms with Crippen LogP contribution in [-0.4, -0.2) is 67.0 Å². The predicted molar refractivity (Wildman–Crippen MR) is 104 cm³/mol. The molecule has 0 radical (unpaired) electrons. The van der Waals surface area contributed by atoms with Crippen LogP contribution in [0.15, 0.2) is 9.82 Å². The van der Waals surface area contributed by atoms with Crippen molar-refractivity contribution in [2.24, 2.45) is 0 Å². The molecule has 0 bridgehead atoms. The highest BCUT2D eigenvalue weighted by Crippen LogP contribution is 2.28. The van der Waals surface area contributed by atoms with Crippen molar-refractivity contribution in [3.8, 4) is 0 Å². The third-order valence-electron chi connectivity index (χ3n) is 4.41. The molecule has 7 nitrogen and oxygen atoms in total. The zero-order valence-corrected chi connectivity index (χ0v) is 16.9. The van der Waals surface area contributed by atoms with Gasteiger partial charge in [0.25, 0.3) is 0 Å². The third-order valence-corrected chi connectivity index (χ3v) is 5.42. The second-order valence-corrected chi connectivity index (χ2v) is 7.74. The third kappa shape index (κ3) is 6.10. The molecule has 1 amide bonds. The van der Waals surface area contributed by atoms with Gasteiger partial charge in [0.15, 0.2) is 0 Å². The van der Waals surface area contributed by atoms with Crippen molar-refractivity contribution in [3.63, 3.8) is 0 Å². The maximum absolute atomic E-state index is 12.6. The van der Waals surface area contributed by atoms with Crippen LogP contribution in [0.5, 0.6) is 0 Å². The minimum absolute atomic E-state index is 0.0615. The molecule has 0 saturated heterocycles. The predicted octanol–water partition coefficient (Wildman–Crippen LogP) is 0.929. The number of ether oxygens (including phenoxy) is 1. The summed E-state index contributed by atoms with van der Waals surface area (Å²) in [5, 5.41) is 3.53. The van der Waals surface area contributed by atoms with Crippen LogP contribution in [0.2, 0.25) is 0 Å². The fourth-order valence-corrected chi connectivity index (χ4v) is 4.03. The zero-order valence-electron chi connectivity index (χ0n) is 16.0. The summed E-state index contributed by atoms with van der Waals surface area (Å²) in [4.78, 5) is 30.9. The number of aromatic nitrogens is 2. The molecule has 0 atom stereocenters. The van der Waals surface area contributed by atoms with Crippen LogP contribution in [-0.2, 0) is 28.9 Å². The van der Waals surface area contributed by atoms with Gasteiger partial charge >= 0.3 is 5.69 Å². The van der Waals surface area contributed by atoms with Crippen LogP contribution in [0, 0.1) is 0 Å². The zero-order chi connectivity index (χ0) is 18.9. The Labute approximate surface area is 159 Å². The molecule has 26 heavy (non-hydrogen) atoms. The molecule has 0 spiro atoms. The Morgan fingerprint density at radius 1 is 1.35 bits per heavy atom. The van der Waals surface area contributed by atoms with Crippen LogP contribution >= 0.6 is 11.8 Å². The average molecular weight is 383 g/mol. The molecule has 146 valence electrons. The number of thioether (sulfide) groups is 1. The molecular formula is C18H30N4O3S. The normalized spacial score (nSPS) is 13.7. The number of amides is 1. The Bertz CT molecular complexity index is 661. The molecular weight excluding hydrogens is 352 g/mol. The van der Waals surface area contributed by atoms with Gasteiger partial charge in [0.1, 0.15) is 5.03 Å². The highest BCUT2D eigenvalue weighted by Gasteiger charge is 2.21. The van der Waals surface area contributed by atoms with Crippen molar-refractivity contribution in [1.82, 2.24) is 19.8 Å². The molecule has 1 aromatic heterocycles. The first-order chi connectivity index (χ1) is 12.5. The minimum atomic E-state index is -0.188. The van der Waals surface area contributed by atoms with E-state index in [2.05, 4.69) is 15.2 Å². The maximum Gasteiger partial charge on any atom is 0.348 e. The van der Waals surface area contributed by atoms with Crippen molar-refractivity contribution < 1.29 is 9.53 Å². The van der Waals surface area contributed by atoms with Crippen LogP contribution in [0.4, 0.5) is 0 Å².